The molecule has 4 rings (SSSR count). The molecule has 0 fully saturated rings. The van der Waals surface area contributed by atoms with Gasteiger partial charge in [-0.25, -0.2) is 0 Å². The molecule has 0 radical (unpaired) electrons. The molecule has 0 unspecified atom stereocenters. The summed E-state index contributed by atoms with van der Waals surface area (Å²) in [7, 11) is 3.18. The molecule has 0 saturated carbocycles. The number of amides is 3. The van der Waals surface area contributed by atoms with Gasteiger partial charge in [-0.1, -0.05) is 11.6 Å². The monoisotopic (exact) mass is 513 g/mol. The fraction of sp³-hybridized carbons (Fsp3) is 0.240. The number of hydrogen-bond acceptors (Lipinski definition) is 6. The second-order valence-electron chi connectivity index (χ2n) is 7.86. The van der Waals surface area contributed by atoms with Crippen molar-refractivity contribution < 1.29 is 24.2 Å². The third-order valence-electron chi connectivity index (χ3n) is 5.64. The molecule has 0 aliphatic carbocycles. The van der Waals surface area contributed by atoms with Gasteiger partial charge in [-0.3, -0.25) is 14.4 Å². The number of anilines is 1. The minimum atomic E-state index is -0.367. The van der Waals surface area contributed by atoms with E-state index >= 15 is 0 Å². The summed E-state index contributed by atoms with van der Waals surface area (Å²) in [4.78, 5) is 40.6. The number of carbonyl (C=O) groups excluding carboxylic acids is 3. The van der Waals surface area contributed by atoms with E-state index < -0.39 is 0 Å². The summed E-state index contributed by atoms with van der Waals surface area (Å²) >= 11 is 7.71. The maximum atomic E-state index is 13.4. The summed E-state index contributed by atoms with van der Waals surface area (Å²) < 4.78 is 5.88. The van der Waals surface area contributed by atoms with E-state index in [9.17, 15) is 14.4 Å². The maximum absolute atomic E-state index is 13.4. The first-order valence-corrected chi connectivity index (χ1v) is 12.1. The zero-order chi connectivity index (χ0) is 25.1. The van der Waals surface area contributed by atoms with E-state index in [0.717, 1.165) is 16.0 Å². The van der Waals surface area contributed by atoms with Crippen LogP contribution in [0.15, 0.2) is 42.5 Å². The molecule has 35 heavy (non-hydrogen) atoms. The number of halogens is 1. The van der Waals surface area contributed by atoms with E-state index in [4.69, 9.17) is 21.4 Å². The zero-order valence-electron chi connectivity index (χ0n) is 19.2. The van der Waals surface area contributed by atoms with E-state index in [1.165, 1.54) is 16.2 Å². The molecular formula is C25H24ClN3O5S. The molecule has 3 amide bonds. The molecule has 0 saturated heterocycles. The highest BCUT2D eigenvalue weighted by Gasteiger charge is 2.25. The van der Waals surface area contributed by atoms with Crippen LogP contribution in [0.25, 0.3) is 10.4 Å². The Morgan fingerprint density at radius 3 is 2.60 bits per heavy atom. The predicted molar refractivity (Wildman–Crippen MR) is 136 cm³/mol. The molecule has 1 aliphatic heterocycles. The van der Waals surface area contributed by atoms with Crippen molar-refractivity contribution in [3.63, 3.8) is 0 Å². The van der Waals surface area contributed by atoms with Crippen molar-refractivity contribution in [1.29, 1.82) is 0 Å². The van der Waals surface area contributed by atoms with Crippen LogP contribution in [0.2, 0.25) is 5.02 Å². The second kappa shape index (κ2) is 10.5. The minimum Gasteiger partial charge on any atom is -0.493 e. The number of hydrogen-bond donors (Lipinski definition) is 3. The first kappa shape index (κ1) is 24.7. The van der Waals surface area contributed by atoms with Crippen molar-refractivity contribution in [2.24, 2.45) is 0 Å². The fourth-order valence-electron chi connectivity index (χ4n) is 3.79. The number of aliphatic hydroxyl groups excluding tert-OH is 1. The van der Waals surface area contributed by atoms with E-state index in [1.54, 1.807) is 44.4 Å². The highest BCUT2D eigenvalue weighted by molar-refractivity contribution is 7.17. The van der Waals surface area contributed by atoms with Crippen LogP contribution in [-0.2, 0) is 6.42 Å². The van der Waals surface area contributed by atoms with Crippen LogP contribution in [0, 0.1) is 0 Å². The number of nitrogens with one attached hydrogen (secondary N) is 2. The lowest BCUT2D eigenvalue weighted by Gasteiger charge is -2.19. The second-order valence-corrected chi connectivity index (χ2v) is 9.32. The summed E-state index contributed by atoms with van der Waals surface area (Å²) in [5.74, 6) is -0.229. The Bertz CT molecular complexity index is 1310. The molecule has 2 aromatic carbocycles. The molecule has 8 nitrogen and oxygen atoms in total. The molecule has 2 heterocycles. The lowest BCUT2D eigenvalue weighted by atomic mass is 10.0. The Morgan fingerprint density at radius 2 is 1.86 bits per heavy atom. The van der Waals surface area contributed by atoms with Crippen LogP contribution in [0.4, 0.5) is 5.69 Å². The number of nitrogens with zero attached hydrogens (tertiary/aromatic N) is 1. The van der Waals surface area contributed by atoms with E-state index in [-0.39, 0.29) is 30.9 Å². The number of ether oxygens (including phenoxy) is 1. The SMILES string of the molecule is CNC(=O)c1ccc2c(c1)OCCc1cc(C(=O)N(C)c3cc(C(=O)NCCO)ccc3Cl)sc1-2. The Hall–Kier alpha value is -3.40. The van der Waals surface area contributed by atoms with Gasteiger partial charge in [-0.05, 0) is 48.0 Å². The Labute approximate surface area is 211 Å². The minimum absolute atomic E-state index is 0.127. The molecule has 3 N–H and O–H groups in total. The van der Waals surface area contributed by atoms with Gasteiger partial charge in [0.05, 0.1) is 28.8 Å². The Balaban J connectivity index is 1.64. The highest BCUT2D eigenvalue weighted by Crippen LogP contribution is 2.42. The molecule has 0 spiro atoms. The lowest BCUT2D eigenvalue weighted by molar-refractivity contribution is 0.0941. The van der Waals surface area contributed by atoms with Crippen molar-refractivity contribution in [3.8, 4) is 16.2 Å². The average molecular weight is 514 g/mol. The highest BCUT2D eigenvalue weighted by atomic mass is 35.5. The Kier molecular flexibility index (Phi) is 7.39. The van der Waals surface area contributed by atoms with Crippen LogP contribution < -0.4 is 20.3 Å². The number of fused-ring (bicyclic) bond motifs is 3. The van der Waals surface area contributed by atoms with Gasteiger partial charge >= 0.3 is 0 Å². The molecule has 0 bridgehead atoms. The van der Waals surface area contributed by atoms with Crippen LogP contribution >= 0.6 is 22.9 Å². The van der Waals surface area contributed by atoms with Gasteiger partial charge in [-0.2, -0.15) is 0 Å². The first-order valence-electron chi connectivity index (χ1n) is 10.9. The summed E-state index contributed by atoms with van der Waals surface area (Å²) in [6, 6.07) is 11.8. The summed E-state index contributed by atoms with van der Waals surface area (Å²) in [5, 5.41) is 14.5. The van der Waals surface area contributed by atoms with E-state index in [0.29, 0.717) is 45.5 Å². The van der Waals surface area contributed by atoms with Crippen molar-refractivity contribution in [2.45, 2.75) is 6.42 Å². The fourth-order valence-corrected chi connectivity index (χ4v) is 5.25. The summed E-state index contributed by atoms with van der Waals surface area (Å²) in [6.45, 7) is 0.380. The van der Waals surface area contributed by atoms with Crippen molar-refractivity contribution >= 4 is 46.3 Å². The molecule has 1 aromatic heterocycles. The Morgan fingerprint density at radius 1 is 1.11 bits per heavy atom. The number of thiophene rings is 1. The van der Waals surface area contributed by atoms with Gasteiger partial charge in [0, 0.05) is 48.6 Å². The summed E-state index contributed by atoms with van der Waals surface area (Å²) in [5.41, 5.74) is 3.05. The van der Waals surface area contributed by atoms with Crippen molar-refractivity contribution in [2.75, 3.05) is 38.8 Å². The smallest absolute Gasteiger partial charge is 0.268 e. The predicted octanol–water partition coefficient (Wildman–Crippen LogP) is 3.36. The molecule has 0 atom stereocenters. The first-order chi connectivity index (χ1) is 16.8. The van der Waals surface area contributed by atoms with Crippen LogP contribution in [0.3, 0.4) is 0 Å². The zero-order valence-corrected chi connectivity index (χ0v) is 20.8. The molecule has 182 valence electrons. The molecule has 3 aromatic rings. The quantitative estimate of drug-likeness (QED) is 0.468. The van der Waals surface area contributed by atoms with Gasteiger partial charge in [0.15, 0.2) is 0 Å². The largest absolute Gasteiger partial charge is 0.493 e. The van der Waals surface area contributed by atoms with Crippen LogP contribution in [0.1, 0.15) is 36.0 Å². The van der Waals surface area contributed by atoms with Gasteiger partial charge in [0.2, 0.25) is 0 Å². The number of carbonyl (C=O) groups is 3. The van der Waals surface area contributed by atoms with Crippen LogP contribution in [0.5, 0.6) is 5.75 Å². The molecule has 1 aliphatic rings. The van der Waals surface area contributed by atoms with Crippen molar-refractivity contribution in [1.82, 2.24) is 10.6 Å². The van der Waals surface area contributed by atoms with Gasteiger partial charge in [0.1, 0.15) is 5.75 Å². The molecule has 10 heteroatoms. The number of aliphatic hydroxyl groups is 1. The third kappa shape index (κ3) is 5.02. The van der Waals surface area contributed by atoms with Gasteiger partial charge in [0.25, 0.3) is 17.7 Å². The normalized spacial score (nSPS) is 12.0. The lowest BCUT2D eigenvalue weighted by Crippen LogP contribution is -2.28. The van der Waals surface area contributed by atoms with Crippen LogP contribution in [-0.4, -0.2) is 56.7 Å². The molecular weight excluding hydrogens is 490 g/mol. The van der Waals surface area contributed by atoms with Crippen molar-refractivity contribution in [3.05, 3.63) is 69.1 Å². The number of rotatable bonds is 6. The average Bonchev–Trinajstić information content (AvgIpc) is 3.22. The number of benzene rings is 2. The van der Waals surface area contributed by atoms with E-state index in [2.05, 4.69) is 10.6 Å². The van der Waals surface area contributed by atoms with E-state index in [1.807, 2.05) is 12.1 Å². The summed E-state index contributed by atoms with van der Waals surface area (Å²) in [6.07, 6.45) is 0.619. The standard InChI is InChI=1S/C25H24ClN3O5S/c1-27-23(31)16-3-5-17-20(12-16)34-10-7-14-13-21(35-22(14)17)25(33)29(2)19-11-15(4-6-18(19)26)24(32)28-8-9-30/h3-6,11-13,30H,7-10H2,1-2H3,(H,27,31)(H,28,32). The third-order valence-corrected chi connectivity index (χ3v) is 7.15. The van der Waals surface area contributed by atoms with Gasteiger partial charge < -0.3 is 25.4 Å². The topological polar surface area (TPSA) is 108 Å². The van der Waals surface area contributed by atoms with Gasteiger partial charge in [-0.15, -0.1) is 11.3 Å². The maximum Gasteiger partial charge on any atom is 0.268 e.